The van der Waals surface area contributed by atoms with Crippen molar-refractivity contribution >= 4 is 5.97 Å². The molecule has 0 saturated heterocycles. The fraction of sp³-hybridized carbons (Fsp3) is 0.591. The number of hydrogen-bond acceptors (Lipinski definition) is 2. The summed E-state index contributed by atoms with van der Waals surface area (Å²) in [6, 6.07) is 0. The molecule has 1 aliphatic carbocycles. The van der Waals surface area contributed by atoms with Crippen LogP contribution in [0.15, 0.2) is 48.6 Å². The molecule has 3 unspecified atom stereocenters. The third-order valence-electron chi connectivity index (χ3n) is 5.39. The second-order valence-electron chi connectivity index (χ2n) is 7.37. The normalized spacial score (nSPS) is 27.9. The molecule has 1 rings (SSSR count). The smallest absolute Gasteiger partial charge is 0.330 e. The molecule has 2 heteroatoms. The molecule has 0 bridgehead atoms. The molecule has 0 aliphatic heterocycles. The summed E-state index contributed by atoms with van der Waals surface area (Å²) in [5, 5.41) is 0. The van der Waals surface area contributed by atoms with Crippen LogP contribution in [0.2, 0.25) is 0 Å². The molecule has 134 valence electrons. The molecule has 0 spiro atoms. The summed E-state index contributed by atoms with van der Waals surface area (Å²) in [5.74, 6) is 0.760. The van der Waals surface area contributed by atoms with Crippen LogP contribution in [0.25, 0.3) is 0 Å². The first-order chi connectivity index (χ1) is 11.3. The zero-order valence-corrected chi connectivity index (χ0v) is 15.9. The lowest BCUT2D eigenvalue weighted by atomic mass is 9.61. The summed E-state index contributed by atoms with van der Waals surface area (Å²) in [4.78, 5) is 11.6. The van der Waals surface area contributed by atoms with Crippen LogP contribution in [0.5, 0.6) is 0 Å². The number of ether oxygens (including phenoxy) is 1. The van der Waals surface area contributed by atoms with Crippen LogP contribution in [-0.2, 0) is 9.53 Å². The number of unbranched alkanes of at least 4 members (excludes halogenated alkanes) is 1. The molecule has 1 fully saturated rings. The van der Waals surface area contributed by atoms with E-state index in [0.29, 0.717) is 18.4 Å². The molecular formula is C22H34O2. The molecule has 0 N–H and O–H groups in total. The van der Waals surface area contributed by atoms with Crippen molar-refractivity contribution in [3.63, 3.8) is 0 Å². The Morgan fingerprint density at radius 1 is 1.38 bits per heavy atom. The number of rotatable bonds is 8. The SMILES string of the molecule is C=CC1(C)CCC(/C(C)=C/C=C/C(=O)OCCCC)CC1C(=C)C. The van der Waals surface area contributed by atoms with Gasteiger partial charge in [-0.1, -0.05) is 56.2 Å². The second-order valence-corrected chi connectivity index (χ2v) is 7.37. The lowest BCUT2D eigenvalue weighted by molar-refractivity contribution is -0.137. The fourth-order valence-electron chi connectivity index (χ4n) is 3.53. The van der Waals surface area contributed by atoms with Crippen LogP contribution >= 0.6 is 0 Å². The number of carbonyl (C=O) groups is 1. The number of esters is 1. The van der Waals surface area contributed by atoms with Crippen molar-refractivity contribution in [3.05, 3.63) is 48.6 Å². The summed E-state index contributed by atoms with van der Waals surface area (Å²) in [7, 11) is 0. The van der Waals surface area contributed by atoms with Crippen LogP contribution < -0.4 is 0 Å². The molecule has 0 aromatic rings. The Labute approximate surface area is 148 Å². The molecule has 0 amide bonds. The maximum Gasteiger partial charge on any atom is 0.330 e. The van der Waals surface area contributed by atoms with Gasteiger partial charge in [0.25, 0.3) is 0 Å². The highest BCUT2D eigenvalue weighted by molar-refractivity contribution is 5.82. The lowest BCUT2D eigenvalue weighted by Gasteiger charge is -2.43. The van der Waals surface area contributed by atoms with Gasteiger partial charge in [-0.2, -0.15) is 0 Å². The van der Waals surface area contributed by atoms with Crippen LogP contribution in [0, 0.1) is 17.3 Å². The van der Waals surface area contributed by atoms with Gasteiger partial charge in [0.2, 0.25) is 0 Å². The van der Waals surface area contributed by atoms with Gasteiger partial charge in [-0.25, -0.2) is 4.79 Å². The number of carbonyl (C=O) groups excluding carboxylic acids is 1. The fourth-order valence-corrected chi connectivity index (χ4v) is 3.53. The summed E-state index contributed by atoms with van der Waals surface area (Å²) in [6.07, 6.45) is 12.8. The van der Waals surface area contributed by atoms with Crippen LogP contribution in [0.4, 0.5) is 0 Å². The Balaban J connectivity index is 2.64. The standard InChI is InChI=1S/C22H34O2/c1-7-9-15-24-21(23)12-10-11-18(5)19-13-14-22(6,8-2)20(16-19)17(3)4/h8,10-12,19-20H,2-3,7,9,13-16H2,1,4-6H3/b12-10+,18-11+. The Hall–Kier alpha value is -1.57. The molecule has 1 saturated carbocycles. The van der Waals surface area contributed by atoms with Gasteiger partial charge in [-0.15, -0.1) is 6.58 Å². The van der Waals surface area contributed by atoms with E-state index in [2.05, 4.69) is 53.0 Å². The maximum atomic E-state index is 11.6. The van der Waals surface area contributed by atoms with Crippen LogP contribution in [0.3, 0.4) is 0 Å². The van der Waals surface area contributed by atoms with E-state index in [-0.39, 0.29) is 11.4 Å². The third kappa shape index (κ3) is 5.81. The first-order valence-corrected chi connectivity index (χ1v) is 9.14. The average Bonchev–Trinajstić information content (AvgIpc) is 2.55. The Morgan fingerprint density at radius 2 is 2.08 bits per heavy atom. The van der Waals surface area contributed by atoms with E-state index < -0.39 is 0 Å². The first-order valence-electron chi connectivity index (χ1n) is 9.14. The summed E-state index contributed by atoms with van der Waals surface area (Å²) < 4.78 is 5.12. The minimum atomic E-state index is -0.254. The summed E-state index contributed by atoms with van der Waals surface area (Å²) in [5.41, 5.74) is 2.72. The minimum Gasteiger partial charge on any atom is -0.463 e. The first kappa shape index (κ1) is 20.5. The van der Waals surface area contributed by atoms with Gasteiger partial charge >= 0.3 is 5.97 Å². The van der Waals surface area contributed by atoms with E-state index >= 15 is 0 Å². The highest BCUT2D eigenvalue weighted by atomic mass is 16.5. The van der Waals surface area contributed by atoms with Crippen molar-refractivity contribution in [2.45, 2.75) is 59.8 Å². The van der Waals surface area contributed by atoms with Gasteiger partial charge < -0.3 is 4.74 Å². The van der Waals surface area contributed by atoms with Gasteiger partial charge in [0.05, 0.1) is 6.61 Å². The predicted octanol–water partition coefficient (Wildman–Crippen LogP) is 6.02. The van der Waals surface area contributed by atoms with Crippen LogP contribution in [-0.4, -0.2) is 12.6 Å². The zero-order valence-electron chi connectivity index (χ0n) is 15.9. The van der Waals surface area contributed by atoms with Crippen molar-refractivity contribution in [2.75, 3.05) is 6.61 Å². The second kappa shape index (κ2) is 9.66. The molecule has 3 atom stereocenters. The summed E-state index contributed by atoms with van der Waals surface area (Å²) >= 11 is 0. The average molecular weight is 331 g/mol. The molecule has 1 aliphatic rings. The Morgan fingerprint density at radius 3 is 2.67 bits per heavy atom. The van der Waals surface area contributed by atoms with Gasteiger partial charge in [-0.05, 0) is 56.8 Å². The lowest BCUT2D eigenvalue weighted by Crippen LogP contribution is -2.33. The quantitative estimate of drug-likeness (QED) is 0.179. The van der Waals surface area contributed by atoms with E-state index in [9.17, 15) is 4.79 Å². The van der Waals surface area contributed by atoms with E-state index in [1.165, 1.54) is 17.2 Å². The molecule has 0 aromatic heterocycles. The van der Waals surface area contributed by atoms with E-state index in [4.69, 9.17) is 4.74 Å². The molecule has 2 nitrogen and oxygen atoms in total. The molecule has 0 heterocycles. The third-order valence-corrected chi connectivity index (χ3v) is 5.39. The highest BCUT2D eigenvalue weighted by Crippen LogP contribution is 2.48. The molecular weight excluding hydrogens is 296 g/mol. The minimum absolute atomic E-state index is 0.154. The van der Waals surface area contributed by atoms with Gasteiger partial charge in [0, 0.05) is 6.08 Å². The molecule has 24 heavy (non-hydrogen) atoms. The van der Waals surface area contributed by atoms with Crippen molar-refractivity contribution in [3.8, 4) is 0 Å². The topological polar surface area (TPSA) is 26.3 Å². The van der Waals surface area contributed by atoms with Gasteiger partial charge in [0.15, 0.2) is 0 Å². The van der Waals surface area contributed by atoms with Crippen molar-refractivity contribution in [1.29, 1.82) is 0 Å². The van der Waals surface area contributed by atoms with Gasteiger partial charge in [-0.3, -0.25) is 0 Å². The van der Waals surface area contributed by atoms with E-state index in [0.717, 1.165) is 32.1 Å². The molecule has 0 aromatic carbocycles. The maximum absolute atomic E-state index is 11.6. The Bertz CT molecular complexity index is 512. The van der Waals surface area contributed by atoms with E-state index in [1.807, 2.05) is 6.08 Å². The summed E-state index contributed by atoms with van der Waals surface area (Å²) in [6.45, 7) is 17.4. The zero-order chi connectivity index (χ0) is 18.2. The molecule has 0 radical (unpaired) electrons. The van der Waals surface area contributed by atoms with Crippen LogP contribution in [0.1, 0.15) is 59.8 Å². The number of hydrogen-bond donors (Lipinski definition) is 0. The highest BCUT2D eigenvalue weighted by Gasteiger charge is 2.38. The van der Waals surface area contributed by atoms with Gasteiger partial charge in [0.1, 0.15) is 0 Å². The Kier molecular flexibility index (Phi) is 8.24. The van der Waals surface area contributed by atoms with Crippen molar-refractivity contribution < 1.29 is 9.53 Å². The van der Waals surface area contributed by atoms with Crippen molar-refractivity contribution in [1.82, 2.24) is 0 Å². The van der Waals surface area contributed by atoms with Crippen molar-refractivity contribution in [2.24, 2.45) is 17.3 Å². The monoisotopic (exact) mass is 330 g/mol. The largest absolute Gasteiger partial charge is 0.463 e. The number of allylic oxidation sites excluding steroid dienone is 5. The van der Waals surface area contributed by atoms with E-state index in [1.54, 1.807) is 0 Å². The predicted molar refractivity (Wildman–Crippen MR) is 103 cm³/mol.